The van der Waals surface area contributed by atoms with Gasteiger partial charge in [-0.1, -0.05) is 36.4 Å². The van der Waals surface area contributed by atoms with Crippen LogP contribution in [-0.4, -0.2) is 20.9 Å². The molecule has 3 aromatic rings. The third kappa shape index (κ3) is 3.68. The minimum absolute atomic E-state index is 0.174. The summed E-state index contributed by atoms with van der Waals surface area (Å²) in [7, 11) is 0. The molecule has 0 unspecified atom stereocenters. The molecule has 1 aromatic carbocycles. The minimum Gasteiger partial charge on any atom is -0.347 e. The quantitative estimate of drug-likeness (QED) is 0.769. The highest BCUT2D eigenvalue weighted by molar-refractivity contribution is 5.93. The van der Waals surface area contributed by atoms with E-state index < -0.39 is 5.69 Å². The average molecular weight is 306 g/mol. The molecule has 0 saturated heterocycles. The van der Waals surface area contributed by atoms with Crippen molar-refractivity contribution in [3.8, 4) is 11.3 Å². The molecule has 0 aliphatic heterocycles. The molecule has 0 fully saturated rings. The van der Waals surface area contributed by atoms with Gasteiger partial charge in [-0.15, -0.1) is 0 Å². The number of nitrogens with one attached hydrogen (secondary N) is 2. The number of hydrogen-bond acceptors (Lipinski definition) is 4. The molecule has 23 heavy (non-hydrogen) atoms. The maximum Gasteiger partial charge on any atom is 0.346 e. The molecule has 6 heteroatoms. The molecular weight excluding hydrogens is 292 g/mol. The Morgan fingerprint density at radius 2 is 1.96 bits per heavy atom. The number of H-pyrrole nitrogens is 1. The van der Waals surface area contributed by atoms with Crippen LogP contribution in [-0.2, 0) is 6.54 Å². The molecule has 0 atom stereocenters. The van der Waals surface area contributed by atoms with Gasteiger partial charge in [0, 0.05) is 24.5 Å². The van der Waals surface area contributed by atoms with Gasteiger partial charge in [0.25, 0.3) is 5.91 Å². The molecule has 0 aliphatic carbocycles. The average Bonchev–Trinajstić information content (AvgIpc) is 2.61. The fraction of sp³-hybridized carbons (Fsp3) is 0.0588. The first kappa shape index (κ1) is 14.6. The zero-order valence-electron chi connectivity index (χ0n) is 12.2. The summed E-state index contributed by atoms with van der Waals surface area (Å²) in [5.74, 6) is -0.370. The van der Waals surface area contributed by atoms with Gasteiger partial charge in [-0.2, -0.15) is 4.98 Å². The van der Waals surface area contributed by atoms with E-state index in [1.54, 1.807) is 24.5 Å². The number of carbonyl (C=O) groups is 1. The fourth-order valence-electron chi connectivity index (χ4n) is 2.12. The summed E-state index contributed by atoms with van der Waals surface area (Å²) < 4.78 is 0. The maximum absolute atomic E-state index is 12.2. The smallest absolute Gasteiger partial charge is 0.346 e. The van der Waals surface area contributed by atoms with Crippen molar-refractivity contribution in [3.63, 3.8) is 0 Å². The zero-order valence-corrected chi connectivity index (χ0v) is 12.2. The number of pyridine rings is 1. The number of carbonyl (C=O) groups excluding carboxylic acids is 1. The van der Waals surface area contributed by atoms with E-state index in [9.17, 15) is 9.59 Å². The predicted molar refractivity (Wildman–Crippen MR) is 85.7 cm³/mol. The van der Waals surface area contributed by atoms with Crippen LogP contribution in [0.4, 0.5) is 0 Å². The largest absolute Gasteiger partial charge is 0.347 e. The maximum atomic E-state index is 12.2. The van der Waals surface area contributed by atoms with Crippen molar-refractivity contribution < 1.29 is 4.79 Å². The minimum atomic E-state index is -0.558. The van der Waals surface area contributed by atoms with Gasteiger partial charge in [-0.25, -0.2) is 4.79 Å². The second-order valence-corrected chi connectivity index (χ2v) is 4.90. The van der Waals surface area contributed by atoms with Crippen molar-refractivity contribution in [1.29, 1.82) is 0 Å². The molecule has 6 nitrogen and oxygen atoms in total. The third-order valence-corrected chi connectivity index (χ3v) is 3.23. The van der Waals surface area contributed by atoms with E-state index in [1.165, 1.54) is 0 Å². The number of aromatic amines is 1. The number of nitrogens with zero attached hydrogens (tertiary/aromatic N) is 2. The fourth-order valence-corrected chi connectivity index (χ4v) is 2.12. The van der Waals surface area contributed by atoms with Gasteiger partial charge < -0.3 is 10.3 Å². The van der Waals surface area contributed by atoms with Crippen molar-refractivity contribution in [2.45, 2.75) is 6.54 Å². The summed E-state index contributed by atoms with van der Waals surface area (Å²) in [5.41, 5.74) is 1.73. The van der Waals surface area contributed by atoms with E-state index >= 15 is 0 Å². The molecule has 0 spiro atoms. The first-order chi connectivity index (χ1) is 11.2. The molecule has 1 amide bonds. The zero-order chi connectivity index (χ0) is 16.1. The van der Waals surface area contributed by atoms with E-state index in [2.05, 4.69) is 20.3 Å². The molecule has 0 radical (unpaired) electrons. The number of benzene rings is 1. The van der Waals surface area contributed by atoms with Crippen LogP contribution in [0.25, 0.3) is 11.3 Å². The Labute approximate surface area is 132 Å². The molecule has 0 bridgehead atoms. The van der Waals surface area contributed by atoms with Crippen LogP contribution in [0.2, 0.25) is 0 Å². The van der Waals surface area contributed by atoms with E-state index in [-0.39, 0.29) is 11.6 Å². The normalized spacial score (nSPS) is 10.3. The molecule has 0 aliphatic rings. The van der Waals surface area contributed by atoms with Crippen LogP contribution in [0, 0.1) is 0 Å². The summed E-state index contributed by atoms with van der Waals surface area (Å²) in [5, 5.41) is 2.74. The van der Waals surface area contributed by atoms with E-state index in [4.69, 9.17) is 0 Å². The van der Waals surface area contributed by atoms with Crippen LogP contribution in [0.5, 0.6) is 0 Å². The van der Waals surface area contributed by atoms with Crippen LogP contribution in [0.15, 0.2) is 65.7 Å². The summed E-state index contributed by atoms with van der Waals surface area (Å²) in [6, 6.07) is 14.5. The number of aromatic nitrogens is 3. The lowest BCUT2D eigenvalue weighted by Gasteiger charge is -2.06. The van der Waals surface area contributed by atoms with E-state index in [1.807, 2.05) is 36.4 Å². The summed E-state index contributed by atoms with van der Waals surface area (Å²) in [6.45, 7) is 0.331. The van der Waals surface area contributed by atoms with Crippen molar-refractivity contribution >= 4 is 5.91 Å². The van der Waals surface area contributed by atoms with Crippen LogP contribution in [0.1, 0.15) is 16.1 Å². The summed E-state index contributed by atoms with van der Waals surface area (Å²) in [6.07, 6.45) is 3.34. The lowest BCUT2D eigenvalue weighted by atomic mass is 10.1. The summed E-state index contributed by atoms with van der Waals surface area (Å²) in [4.78, 5) is 34.3. The monoisotopic (exact) mass is 306 g/mol. The van der Waals surface area contributed by atoms with E-state index in [0.717, 1.165) is 11.1 Å². The number of amides is 1. The SMILES string of the molecule is O=C(NCc1cccnc1)c1cc(-c2ccccc2)nc(=O)[nH]1. The predicted octanol–water partition coefficient (Wildman–Crippen LogP) is 1.76. The highest BCUT2D eigenvalue weighted by Gasteiger charge is 2.10. The van der Waals surface area contributed by atoms with Crippen LogP contribution >= 0.6 is 0 Å². The molecular formula is C17H14N4O2. The van der Waals surface area contributed by atoms with Crippen molar-refractivity contribution in [1.82, 2.24) is 20.3 Å². The first-order valence-corrected chi connectivity index (χ1v) is 7.06. The van der Waals surface area contributed by atoms with Crippen molar-refractivity contribution in [3.05, 3.63) is 82.7 Å². The van der Waals surface area contributed by atoms with Gasteiger partial charge in [0.15, 0.2) is 0 Å². The lowest BCUT2D eigenvalue weighted by molar-refractivity contribution is 0.0945. The molecule has 3 rings (SSSR count). The van der Waals surface area contributed by atoms with Gasteiger partial charge in [0.1, 0.15) is 5.69 Å². The Bertz CT molecular complexity index is 861. The molecule has 2 N–H and O–H groups in total. The standard InChI is InChI=1S/C17H14N4O2/c22-16(19-11-12-5-4-8-18-10-12)15-9-14(20-17(23)21-15)13-6-2-1-3-7-13/h1-10H,11H2,(H,19,22)(H,20,21,23). The van der Waals surface area contributed by atoms with Gasteiger partial charge in [0.2, 0.25) is 0 Å². The van der Waals surface area contributed by atoms with Gasteiger partial charge in [-0.05, 0) is 17.7 Å². The molecule has 0 saturated carbocycles. The Morgan fingerprint density at radius 1 is 1.13 bits per heavy atom. The van der Waals surface area contributed by atoms with E-state index in [0.29, 0.717) is 12.2 Å². The third-order valence-electron chi connectivity index (χ3n) is 3.23. The molecule has 2 heterocycles. The summed E-state index contributed by atoms with van der Waals surface area (Å²) >= 11 is 0. The highest BCUT2D eigenvalue weighted by atomic mass is 16.2. The topological polar surface area (TPSA) is 87.7 Å². The van der Waals surface area contributed by atoms with Gasteiger partial charge >= 0.3 is 5.69 Å². The Hall–Kier alpha value is -3.28. The molecule has 2 aromatic heterocycles. The second kappa shape index (κ2) is 6.65. The van der Waals surface area contributed by atoms with Crippen LogP contribution in [0.3, 0.4) is 0 Å². The Kier molecular flexibility index (Phi) is 4.24. The number of rotatable bonds is 4. The van der Waals surface area contributed by atoms with Crippen molar-refractivity contribution in [2.75, 3.05) is 0 Å². The van der Waals surface area contributed by atoms with Gasteiger partial charge in [0.05, 0.1) is 5.69 Å². The molecule has 114 valence electrons. The first-order valence-electron chi connectivity index (χ1n) is 7.06. The lowest BCUT2D eigenvalue weighted by Crippen LogP contribution is -2.27. The van der Waals surface area contributed by atoms with Gasteiger partial charge in [-0.3, -0.25) is 9.78 Å². The second-order valence-electron chi connectivity index (χ2n) is 4.90. The number of hydrogen-bond donors (Lipinski definition) is 2. The van der Waals surface area contributed by atoms with Crippen LogP contribution < -0.4 is 11.0 Å². The Balaban J connectivity index is 1.81. The van der Waals surface area contributed by atoms with Crippen molar-refractivity contribution in [2.24, 2.45) is 0 Å². The highest BCUT2D eigenvalue weighted by Crippen LogP contribution is 2.15. The Morgan fingerprint density at radius 3 is 2.70 bits per heavy atom.